The highest BCUT2D eigenvalue weighted by Crippen LogP contribution is 2.38. The molecular weight excluding hydrogens is 236 g/mol. The molecule has 0 aromatic carbocycles. The second-order valence-electron chi connectivity index (χ2n) is 3.50. The highest BCUT2D eigenvalue weighted by Gasteiger charge is 2.20. The highest BCUT2D eigenvalue weighted by atomic mass is 32.1. The van der Waals surface area contributed by atoms with Gasteiger partial charge in [0.1, 0.15) is 4.88 Å². The fraction of sp³-hybridized carbons (Fsp3) is 0.167. The number of carbonyl (C=O) groups excluding carboxylic acids is 1. The van der Waals surface area contributed by atoms with E-state index in [1.165, 1.54) is 18.4 Å². The molecule has 0 saturated carbocycles. The molecule has 17 heavy (non-hydrogen) atoms. The third-order valence-corrected chi connectivity index (χ3v) is 3.56. The molecule has 0 saturated heterocycles. The van der Waals surface area contributed by atoms with Gasteiger partial charge in [-0.15, -0.1) is 11.3 Å². The highest BCUT2D eigenvalue weighted by molar-refractivity contribution is 7.15. The maximum absolute atomic E-state index is 11.5. The van der Waals surface area contributed by atoms with Gasteiger partial charge in [-0.2, -0.15) is 0 Å². The SMILES string of the molecule is COC(=O)c1sc(C)c(-c2ccncc2)c1N. The number of esters is 1. The van der Waals surface area contributed by atoms with Crippen LogP contribution in [0.15, 0.2) is 24.5 Å². The van der Waals surface area contributed by atoms with Crippen LogP contribution >= 0.6 is 11.3 Å². The molecule has 0 radical (unpaired) electrons. The zero-order chi connectivity index (χ0) is 12.4. The molecule has 88 valence electrons. The first-order valence-electron chi connectivity index (χ1n) is 5.02. The molecule has 0 unspecified atom stereocenters. The Hall–Kier alpha value is -1.88. The molecule has 2 aromatic heterocycles. The zero-order valence-corrected chi connectivity index (χ0v) is 10.4. The van der Waals surface area contributed by atoms with E-state index in [0.717, 1.165) is 16.0 Å². The zero-order valence-electron chi connectivity index (χ0n) is 9.56. The molecule has 0 aliphatic rings. The number of nitrogen functional groups attached to an aromatic ring is 1. The van der Waals surface area contributed by atoms with Gasteiger partial charge in [-0.1, -0.05) is 0 Å². The lowest BCUT2D eigenvalue weighted by atomic mass is 10.1. The van der Waals surface area contributed by atoms with Crippen molar-refractivity contribution in [3.8, 4) is 11.1 Å². The van der Waals surface area contributed by atoms with Crippen LogP contribution in [-0.4, -0.2) is 18.1 Å². The summed E-state index contributed by atoms with van der Waals surface area (Å²) in [6, 6.07) is 3.74. The molecule has 0 amide bonds. The Kier molecular flexibility index (Phi) is 3.10. The van der Waals surface area contributed by atoms with Crippen LogP contribution in [0.25, 0.3) is 11.1 Å². The van der Waals surface area contributed by atoms with Crippen molar-refractivity contribution in [2.75, 3.05) is 12.8 Å². The molecule has 2 rings (SSSR count). The second kappa shape index (κ2) is 4.55. The molecule has 0 bridgehead atoms. The summed E-state index contributed by atoms with van der Waals surface area (Å²) in [5.74, 6) is -0.393. The number of methoxy groups -OCH3 is 1. The standard InChI is InChI=1S/C12H12N2O2S/c1-7-9(8-3-5-14-6-4-8)10(13)11(17-7)12(15)16-2/h3-6H,13H2,1-2H3. The molecule has 2 aromatic rings. The Morgan fingerprint density at radius 3 is 2.65 bits per heavy atom. The van der Waals surface area contributed by atoms with Gasteiger partial charge < -0.3 is 10.5 Å². The summed E-state index contributed by atoms with van der Waals surface area (Å²) in [4.78, 5) is 16.9. The molecule has 0 aliphatic carbocycles. The van der Waals surface area contributed by atoms with Gasteiger partial charge in [-0.05, 0) is 24.6 Å². The topological polar surface area (TPSA) is 65.2 Å². The molecule has 5 heteroatoms. The van der Waals surface area contributed by atoms with Crippen molar-refractivity contribution < 1.29 is 9.53 Å². The van der Waals surface area contributed by atoms with Crippen LogP contribution in [0.5, 0.6) is 0 Å². The van der Waals surface area contributed by atoms with E-state index < -0.39 is 5.97 Å². The number of nitrogens with two attached hydrogens (primary N) is 1. The molecular formula is C12H12N2O2S. The molecule has 0 fully saturated rings. The average molecular weight is 248 g/mol. The van der Waals surface area contributed by atoms with Crippen LogP contribution in [0.3, 0.4) is 0 Å². The van der Waals surface area contributed by atoms with E-state index in [0.29, 0.717) is 10.6 Å². The molecule has 2 heterocycles. The van der Waals surface area contributed by atoms with Gasteiger partial charge in [-0.3, -0.25) is 4.98 Å². The minimum Gasteiger partial charge on any atom is -0.465 e. The summed E-state index contributed by atoms with van der Waals surface area (Å²) in [6.07, 6.45) is 3.40. The fourth-order valence-electron chi connectivity index (χ4n) is 1.68. The first-order chi connectivity index (χ1) is 8.15. The smallest absolute Gasteiger partial charge is 0.350 e. The van der Waals surface area contributed by atoms with Gasteiger partial charge in [-0.25, -0.2) is 4.79 Å². The van der Waals surface area contributed by atoms with Gasteiger partial charge >= 0.3 is 5.97 Å². The first-order valence-corrected chi connectivity index (χ1v) is 5.84. The van der Waals surface area contributed by atoms with Crippen molar-refractivity contribution in [1.82, 2.24) is 4.98 Å². The molecule has 0 aliphatic heterocycles. The summed E-state index contributed by atoms with van der Waals surface area (Å²) >= 11 is 1.35. The fourth-order valence-corrected chi connectivity index (χ4v) is 2.70. The van der Waals surface area contributed by atoms with Crippen molar-refractivity contribution in [2.24, 2.45) is 0 Å². The van der Waals surface area contributed by atoms with E-state index in [1.807, 2.05) is 19.1 Å². The predicted octanol–water partition coefficient (Wildman–Crippen LogP) is 2.49. The van der Waals surface area contributed by atoms with Crippen LogP contribution in [0.4, 0.5) is 5.69 Å². The van der Waals surface area contributed by atoms with E-state index in [4.69, 9.17) is 10.5 Å². The maximum atomic E-state index is 11.5. The average Bonchev–Trinajstić information content (AvgIpc) is 2.65. The Morgan fingerprint density at radius 1 is 1.41 bits per heavy atom. The Morgan fingerprint density at radius 2 is 2.06 bits per heavy atom. The normalized spacial score (nSPS) is 10.2. The van der Waals surface area contributed by atoms with E-state index in [9.17, 15) is 4.79 Å². The summed E-state index contributed by atoms with van der Waals surface area (Å²) in [7, 11) is 1.35. The lowest BCUT2D eigenvalue weighted by Gasteiger charge is -2.02. The second-order valence-corrected chi connectivity index (χ2v) is 4.73. The van der Waals surface area contributed by atoms with E-state index in [2.05, 4.69) is 4.98 Å². The van der Waals surface area contributed by atoms with Crippen LogP contribution < -0.4 is 5.73 Å². The molecule has 2 N–H and O–H groups in total. The van der Waals surface area contributed by atoms with Gasteiger partial charge in [0.15, 0.2) is 0 Å². The van der Waals surface area contributed by atoms with Crippen molar-refractivity contribution in [3.63, 3.8) is 0 Å². The minimum atomic E-state index is -0.393. The van der Waals surface area contributed by atoms with Crippen molar-refractivity contribution in [1.29, 1.82) is 0 Å². The van der Waals surface area contributed by atoms with Gasteiger partial charge in [0.2, 0.25) is 0 Å². The third-order valence-electron chi connectivity index (χ3n) is 2.46. The summed E-state index contributed by atoms with van der Waals surface area (Å²) in [5.41, 5.74) is 8.33. The number of aromatic nitrogens is 1. The van der Waals surface area contributed by atoms with Crippen molar-refractivity contribution >= 4 is 23.0 Å². The van der Waals surface area contributed by atoms with Crippen LogP contribution in [-0.2, 0) is 4.74 Å². The maximum Gasteiger partial charge on any atom is 0.350 e. The summed E-state index contributed by atoms with van der Waals surface area (Å²) < 4.78 is 4.70. The number of hydrogen-bond donors (Lipinski definition) is 1. The number of pyridine rings is 1. The molecule has 0 atom stereocenters. The first kappa shape index (κ1) is 11.6. The Balaban J connectivity index is 2.57. The van der Waals surface area contributed by atoms with Crippen LogP contribution in [0.2, 0.25) is 0 Å². The predicted molar refractivity (Wildman–Crippen MR) is 68.0 cm³/mol. The number of nitrogens with zero attached hydrogens (tertiary/aromatic N) is 1. The number of hydrogen-bond acceptors (Lipinski definition) is 5. The number of anilines is 1. The number of carbonyl (C=O) groups is 1. The lowest BCUT2D eigenvalue weighted by molar-refractivity contribution is 0.0607. The van der Waals surface area contributed by atoms with E-state index in [1.54, 1.807) is 12.4 Å². The monoisotopic (exact) mass is 248 g/mol. The number of rotatable bonds is 2. The minimum absolute atomic E-state index is 0.393. The third kappa shape index (κ3) is 2.01. The quantitative estimate of drug-likeness (QED) is 0.829. The summed E-state index contributed by atoms with van der Waals surface area (Å²) in [6.45, 7) is 1.93. The molecule has 0 spiro atoms. The van der Waals surface area contributed by atoms with Crippen molar-refractivity contribution in [2.45, 2.75) is 6.92 Å². The lowest BCUT2D eigenvalue weighted by Crippen LogP contribution is -2.02. The van der Waals surface area contributed by atoms with Crippen molar-refractivity contribution in [3.05, 3.63) is 34.3 Å². The number of thiophene rings is 1. The Bertz CT molecular complexity index is 549. The van der Waals surface area contributed by atoms with Gasteiger partial charge in [0.25, 0.3) is 0 Å². The van der Waals surface area contributed by atoms with E-state index >= 15 is 0 Å². The molecule has 4 nitrogen and oxygen atoms in total. The Labute approximate surface area is 103 Å². The number of ether oxygens (including phenoxy) is 1. The largest absolute Gasteiger partial charge is 0.465 e. The van der Waals surface area contributed by atoms with E-state index in [-0.39, 0.29) is 0 Å². The van der Waals surface area contributed by atoms with Gasteiger partial charge in [0, 0.05) is 22.8 Å². The summed E-state index contributed by atoms with van der Waals surface area (Å²) in [5, 5.41) is 0. The number of aryl methyl sites for hydroxylation is 1. The van der Waals surface area contributed by atoms with Gasteiger partial charge in [0.05, 0.1) is 12.8 Å². The van der Waals surface area contributed by atoms with Crippen LogP contribution in [0.1, 0.15) is 14.5 Å². The van der Waals surface area contributed by atoms with Crippen LogP contribution in [0, 0.1) is 6.92 Å².